The summed E-state index contributed by atoms with van der Waals surface area (Å²) in [6.45, 7) is 10.1. The summed E-state index contributed by atoms with van der Waals surface area (Å²) < 4.78 is 5.18. The van der Waals surface area contributed by atoms with Crippen molar-refractivity contribution >= 4 is 0 Å². The van der Waals surface area contributed by atoms with Crippen LogP contribution in [0.15, 0.2) is 30.3 Å². The molecule has 0 spiro atoms. The second kappa shape index (κ2) is 8.30. The van der Waals surface area contributed by atoms with Crippen molar-refractivity contribution < 1.29 is 4.74 Å². The lowest BCUT2D eigenvalue weighted by molar-refractivity contribution is 0.0842. The van der Waals surface area contributed by atoms with E-state index in [2.05, 4.69) is 56.4 Å². The van der Waals surface area contributed by atoms with Crippen LogP contribution in [0.1, 0.15) is 52.0 Å². The maximum atomic E-state index is 5.18. The van der Waals surface area contributed by atoms with E-state index in [0.29, 0.717) is 10.8 Å². The molecule has 130 valence electrons. The number of ether oxygens (including phenoxy) is 1. The van der Waals surface area contributed by atoms with E-state index in [1.54, 1.807) is 7.11 Å². The third kappa shape index (κ3) is 5.61. The van der Waals surface area contributed by atoms with Gasteiger partial charge in [-0.3, -0.25) is 0 Å². The summed E-state index contributed by atoms with van der Waals surface area (Å²) in [5.41, 5.74) is 2.34. The Morgan fingerprint density at radius 3 is 2.35 bits per heavy atom. The molecule has 0 aromatic heterocycles. The number of hydrogen-bond acceptors (Lipinski definition) is 2. The fourth-order valence-electron chi connectivity index (χ4n) is 4.07. The Morgan fingerprint density at radius 2 is 1.78 bits per heavy atom. The number of benzene rings is 1. The van der Waals surface area contributed by atoms with Gasteiger partial charge in [0.2, 0.25) is 0 Å². The molecule has 0 unspecified atom stereocenters. The second-order valence-electron chi connectivity index (χ2n) is 8.47. The minimum Gasteiger partial charge on any atom is -0.383 e. The Hall–Kier alpha value is -0.860. The van der Waals surface area contributed by atoms with Crippen molar-refractivity contribution in [3.05, 3.63) is 35.9 Å². The predicted molar refractivity (Wildman–Crippen MR) is 98.7 cm³/mol. The fraction of sp³-hybridized carbons (Fsp3) is 0.714. The van der Waals surface area contributed by atoms with Gasteiger partial charge in [0.05, 0.1) is 6.61 Å². The van der Waals surface area contributed by atoms with Crippen molar-refractivity contribution in [2.75, 3.05) is 26.8 Å². The van der Waals surface area contributed by atoms with Crippen LogP contribution in [0.2, 0.25) is 0 Å². The van der Waals surface area contributed by atoms with Crippen LogP contribution in [0.3, 0.4) is 0 Å². The zero-order chi connectivity index (χ0) is 16.8. The van der Waals surface area contributed by atoms with E-state index in [4.69, 9.17) is 4.74 Å². The molecule has 1 aliphatic rings. The second-order valence-corrected chi connectivity index (χ2v) is 8.47. The summed E-state index contributed by atoms with van der Waals surface area (Å²) in [4.78, 5) is 0. The van der Waals surface area contributed by atoms with E-state index in [1.165, 1.54) is 37.7 Å². The Balaban J connectivity index is 2.01. The summed E-state index contributed by atoms with van der Waals surface area (Å²) in [5.74, 6) is 0.866. The molecule has 2 heteroatoms. The highest BCUT2D eigenvalue weighted by Crippen LogP contribution is 2.46. The molecule has 0 saturated heterocycles. The van der Waals surface area contributed by atoms with Crippen molar-refractivity contribution in [3.63, 3.8) is 0 Å². The monoisotopic (exact) mass is 317 g/mol. The lowest BCUT2D eigenvalue weighted by Gasteiger charge is -2.44. The first-order valence-corrected chi connectivity index (χ1v) is 9.19. The van der Waals surface area contributed by atoms with E-state index >= 15 is 0 Å². The smallest absolute Gasteiger partial charge is 0.0587 e. The average Bonchev–Trinajstić information content (AvgIpc) is 2.52. The van der Waals surface area contributed by atoms with Crippen molar-refractivity contribution in [1.29, 1.82) is 0 Å². The van der Waals surface area contributed by atoms with Crippen LogP contribution < -0.4 is 5.32 Å². The van der Waals surface area contributed by atoms with Gasteiger partial charge in [0.1, 0.15) is 0 Å². The van der Waals surface area contributed by atoms with E-state index < -0.39 is 0 Å². The van der Waals surface area contributed by atoms with E-state index in [-0.39, 0.29) is 0 Å². The lowest BCUT2D eigenvalue weighted by Crippen LogP contribution is -2.42. The summed E-state index contributed by atoms with van der Waals surface area (Å²) >= 11 is 0. The van der Waals surface area contributed by atoms with Gasteiger partial charge in [-0.1, -0.05) is 51.1 Å². The molecule has 0 atom stereocenters. The number of hydrogen-bond donors (Lipinski definition) is 1. The van der Waals surface area contributed by atoms with E-state index in [1.807, 2.05) is 0 Å². The molecule has 2 nitrogen and oxygen atoms in total. The highest BCUT2D eigenvalue weighted by Gasteiger charge is 2.38. The van der Waals surface area contributed by atoms with Crippen molar-refractivity contribution in [2.45, 2.75) is 52.9 Å². The Kier molecular flexibility index (Phi) is 6.67. The minimum absolute atomic E-state index is 0.414. The summed E-state index contributed by atoms with van der Waals surface area (Å²) in [6, 6.07) is 11.0. The van der Waals surface area contributed by atoms with Gasteiger partial charge >= 0.3 is 0 Å². The van der Waals surface area contributed by atoms with Crippen LogP contribution in [0.25, 0.3) is 0 Å². The van der Waals surface area contributed by atoms with Gasteiger partial charge in [0, 0.05) is 20.2 Å². The fourth-order valence-corrected chi connectivity index (χ4v) is 4.07. The van der Waals surface area contributed by atoms with Crippen LogP contribution in [-0.4, -0.2) is 26.8 Å². The molecule has 0 heterocycles. The Bertz CT molecular complexity index is 441. The van der Waals surface area contributed by atoms with E-state index in [9.17, 15) is 0 Å². The first-order valence-electron chi connectivity index (χ1n) is 9.19. The molecule has 0 aliphatic heterocycles. The van der Waals surface area contributed by atoms with Crippen molar-refractivity contribution in [2.24, 2.45) is 16.7 Å². The maximum Gasteiger partial charge on any atom is 0.0587 e. The Morgan fingerprint density at radius 1 is 1.13 bits per heavy atom. The lowest BCUT2D eigenvalue weighted by atomic mass is 9.62. The summed E-state index contributed by atoms with van der Waals surface area (Å²) in [7, 11) is 1.77. The van der Waals surface area contributed by atoms with Gasteiger partial charge in [-0.25, -0.2) is 0 Å². The molecule has 1 aliphatic carbocycles. The van der Waals surface area contributed by atoms with Crippen LogP contribution in [-0.2, 0) is 11.2 Å². The standard InChI is InChI=1S/C21H35NO/c1-20(2,3)19-10-12-21(13-11-19,17-22-14-15-23-4)16-18-8-6-5-7-9-18/h5-9,19,22H,10-17H2,1-4H3. The highest BCUT2D eigenvalue weighted by molar-refractivity contribution is 5.17. The largest absolute Gasteiger partial charge is 0.383 e. The molecule has 0 bridgehead atoms. The molecule has 1 fully saturated rings. The molecular weight excluding hydrogens is 282 g/mol. The van der Waals surface area contributed by atoms with E-state index in [0.717, 1.165) is 25.6 Å². The van der Waals surface area contributed by atoms with Crippen LogP contribution in [0.4, 0.5) is 0 Å². The molecule has 1 aromatic rings. The van der Waals surface area contributed by atoms with Gasteiger partial charge < -0.3 is 10.1 Å². The van der Waals surface area contributed by atoms with Crippen LogP contribution in [0, 0.1) is 16.7 Å². The molecule has 0 radical (unpaired) electrons. The molecular formula is C21H35NO. The normalized spacial score (nSPS) is 25.5. The topological polar surface area (TPSA) is 21.3 Å². The third-order valence-electron chi connectivity index (χ3n) is 5.68. The number of rotatable bonds is 7. The molecule has 1 N–H and O–H groups in total. The maximum absolute atomic E-state index is 5.18. The van der Waals surface area contributed by atoms with Crippen LogP contribution >= 0.6 is 0 Å². The summed E-state index contributed by atoms with van der Waals surface area (Å²) in [6.07, 6.45) is 6.60. The zero-order valence-corrected chi connectivity index (χ0v) is 15.5. The average molecular weight is 318 g/mol. The Labute approximate surface area is 143 Å². The van der Waals surface area contributed by atoms with Gasteiger partial charge in [0.25, 0.3) is 0 Å². The first kappa shape index (κ1) is 18.5. The minimum atomic E-state index is 0.414. The molecule has 0 amide bonds. The molecule has 1 aromatic carbocycles. The van der Waals surface area contributed by atoms with Gasteiger partial charge in [-0.2, -0.15) is 0 Å². The van der Waals surface area contributed by atoms with Gasteiger partial charge in [-0.15, -0.1) is 0 Å². The zero-order valence-electron chi connectivity index (χ0n) is 15.5. The van der Waals surface area contributed by atoms with Crippen molar-refractivity contribution in [3.8, 4) is 0 Å². The van der Waals surface area contributed by atoms with Crippen LogP contribution in [0.5, 0.6) is 0 Å². The predicted octanol–water partition coefficient (Wildman–Crippen LogP) is 4.69. The number of nitrogens with one attached hydrogen (secondary N) is 1. The molecule has 23 heavy (non-hydrogen) atoms. The van der Waals surface area contributed by atoms with Gasteiger partial charge in [0.15, 0.2) is 0 Å². The highest BCUT2D eigenvalue weighted by atomic mass is 16.5. The third-order valence-corrected chi connectivity index (χ3v) is 5.68. The first-order chi connectivity index (χ1) is 11.0. The SMILES string of the molecule is COCCNCC1(Cc2ccccc2)CCC(C(C)(C)C)CC1. The number of methoxy groups -OCH3 is 1. The van der Waals surface area contributed by atoms with Gasteiger partial charge in [-0.05, 0) is 54.4 Å². The quantitative estimate of drug-likeness (QED) is 0.737. The van der Waals surface area contributed by atoms with Crippen molar-refractivity contribution in [1.82, 2.24) is 5.32 Å². The molecule has 2 rings (SSSR count). The summed E-state index contributed by atoms with van der Waals surface area (Å²) in [5, 5.41) is 3.65. The molecule has 1 saturated carbocycles.